The fourth-order valence-corrected chi connectivity index (χ4v) is 2.22. The number of carbonyl (C=O) groups is 2. The smallest absolute Gasteiger partial charge is 0.306 e. The molecule has 0 spiro atoms. The van der Waals surface area contributed by atoms with Crippen LogP contribution in [0.15, 0.2) is 24.3 Å². The van der Waals surface area contributed by atoms with Crippen LogP contribution >= 0.6 is 0 Å². The summed E-state index contributed by atoms with van der Waals surface area (Å²) >= 11 is 0. The predicted molar refractivity (Wildman–Crippen MR) is 91.8 cm³/mol. The number of nitrogens with zero attached hydrogens (tertiary/aromatic N) is 1. The quantitative estimate of drug-likeness (QED) is 0.259. The number of carbonyl (C=O) groups excluding carboxylic acids is 2. The topological polar surface area (TPSA) is 95.7 Å². The SMILES string of the molecule is CCCCCC(C)OC(=O)CCC(=O)OCc1cccc([N+](=O)[O-])c1. The molecule has 1 unspecified atom stereocenters. The van der Waals surface area contributed by atoms with E-state index in [1.807, 2.05) is 6.92 Å². The fourth-order valence-electron chi connectivity index (χ4n) is 2.22. The van der Waals surface area contributed by atoms with Gasteiger partial charge in [0.05, 0.1) is 23.9 Å². The van der Waals surface area contributed by atoms with Crippen LogP contribution in [0.5, 0.6) is 0 Å². The molecule has 1 aromatic rings. The Morgan fingerprint density at radius 1 is 1.20 bits per heavy atom. The van der Waals surface area contributed by atoms with Gasteiger partial charge in [0.1, 0.15) is 6.61 Å². The van der Waals surface area contributed by atoms with Crippen molar-refractivity contribution in [2.75, 3.05) is 0 Å². The summed E-state index contributed by atoms with van der Waals surface area (Å²) in [5, 5.41) is 10.7. The van der Waals surface area contributed by atoms with Crippen molar-refractivity contribution in [1.82, 2.24) is 0 Å². The van der Waals surface area contributed by atoms with Gasteiger partial charge in [-0.15, -0.1) is 0 Å². The van der Waals surface area contributed by atoms with Crippen LogP contribution < -0.4 is 0 Å². The number of rotatable bonds is 11. The highest BCUT2D eigenvalue weighted by atomic mass is 16.6. The Morgan fingerprint density at radius 3 is 2.60 bits per heavy atom. The predicted octanol–water partition coefficient (Wildman–Crippen LogP) is 3.93. The molecule has 138 valence electrons. The van der Waals surface area contributed by atoms with Crippen molar-refractivity contribution in [1.29, 1.82) is 0 Å². The van der Waals surface area contributed by atoms with E-state index < -0.39 is 16.9 Å². The average molecular weight is 351 g/mol. The average Bonchev–Trinajstić information content (AvgIpc) is 2.58. The Bertz CT molecular complexity index is 587. The maximum atomic E-state index is 11.7. The van der Waals surface area contributed by atoms with Gasteiger partial charge in [-0.1, -0.05) is 31.9 Å². The van der Waals surface area contributed by atoms with E-state index in [2.05, 4.69) is 6.92 Å². The monoisotopic (exact) mass is 351 g/mol. The van der Waals surface area contributed by atoms with E-state index >= 15 is 0 Å². The van der Waals surface area contributed by atoms with Gasteiger partial charge < -0.3 is 9.47 Å². The van der Waals surface area contributed by atoms with Gasteiger partial charge in [-0.3, -0.25) is 19.7 Å². The molecule has 0 aliphatic rings. The molecule has 1 rings (SSSR count). The van der Waals surface area contributed by atoms with Crippen molar-refractivity contribution in [3.8, 4) is 0 Å². The molecule has 7 heteroatoms. The molecule has 0 saturated carbocycles. The van der Waals surface area contributed by atoms with E-state index in [9.17, 15) is 19.7 Å². The minimum atomic E-state index is -0.540. The zero-order valence-corrected chi connectivity index (χ0v) is 14.7. The van der Waals surface area contributed by atoms with Crippen LogP contribution in [0.1, 0.15) is 57.9 Å². The van der Waals surface area contributed by atoms with Gasteiger partial charge in [-0.2, -0.15) is 0 Å². The van der Waals surface area contributed by atoms with Crippen molar-refractivity contribution in [3.05, 3.63) is 39.9 Å². The van der Waals surface area contributed by atoms with E-state index in [1.54, 1.807) is 6.07 Å². The summed E-state index contributed by atoms with van der Waals surface area (Å²) in [6, 6.07) is 5.87. The summed E-state index contributed by atoms with van der Waals surface area (Å²) in [6.45, 7) is 3.88. The molecule has 0 aromatic heterocycles. The van der Waals surface area contributed by atoms with E-state index in [0.29, 0.717) is 5.56 Å². The first-order valence-corrected chi connectivity index (χ1v) is 8.50. The minimum absolute atomic E-state index is 0.0358. The number of hydrogen-bond acceptors (Lipinski definition) is 6. The van der Waals surface area contributed by atoms with Crippen LogP contribution in [-0.4, -0.2) is 23.0 Å². The van der Waals surface area contributed by atoms with E-state index in [4.69, 9.17) is 9.47 Å². The first kappa shape index (κ1) is 20.6. The van der Waals surface area contributed by atoms with Crippen molar-refractivity contribution in [3.63, 3.8) is 0 Å². The lowest BCUT2D eigenvalue weighted by Gasteiger charge is -2.12. The van der Waals surface area contributed by atoms with Crippen LogP contribution in [0.4, 0.5) is 5.69 Å². The van der Waals surface area contributed by atoms with E-state index in [1.165, 1.54) is 18.2 Å². The zero-order valence-electron chi connectivity index (χ0n) is 14.7. The second kappa shape index (κ2) is 11.2. The van der Waals surface area contributed by atoms with Crippen LogP contribution in [0, 0.1) is 10.1 Å². The zero-order chi connectivity index (χ0) is 18.7. The summed E-state index contributed by atoms with van der Waals surface area (Å²) in [4.78, 5) is 33.5. The Labute approximate surface area is 147 Å². The molecule has 7 nitrogen and oxygen atoms in total. The molecular weight excluding hydrogens is 326 g/mol. The Hall–Kier alpha value is -2.44. The number of esters is 2. The third-order valence-corrected chi connectivity index (χ3v) is 3.60. The van der Waals surface area contributed by atoms with Gasteiger partial charge in [0.2, 0.25) is 0 Å². The number of benzene rings is 1. The molecule has 0 heterocycles. The van der Waals surface area contributed by atoms with Gasteiger partial charge in [-0.25, -0.2) is 0 Å². The number of nitro groups is 1. The lowest BCUT2D eigenvalue weighted by Crippen LogP contribution is -2.16. The van der Waals surface area contributed by atoms with Crippen molar-refractivity contribution in [2.24, 2.45) is 0 Å². The minimum Gasteiger partial charge on any atom is -0.463 e. The molecule has 0 aliphatic carbocycles. The fraction of sp³-hybridized carbons (Fsp3) is 0.556. The lowest BCUT2D eigenvalue weighted by molar-refractivity contribution is -0.384. The molecule has 0 amide bonds. The van der Waals surface area contributed by atoms with Gasteiger partial charge in [-0.05, 0) is 25.3 Å². The summed E-state index contributed by atoms with van der Waals surface area (Å²) in [6.07, 6.45) is 3.78. The van der Waals surface area contributed by atoms with Crippen LogP contribution in [0.2, 0.25) is 0 Å². The Morgan fingerprint density at radius 2 is 1.92 bits per heavy atom. The van der Waals surface area contributed by atoms with Gasteiger partial charge in [0, 0.05) is 12.1 Å². The van der Waals surface area contributed by atoms with Gasteiger partial charge >= 0.3 is 11.9 Å². The van der Waals surface area contributed by atoms with Crippen molar-refractivity contribution < 1.29 is 24.0 Å². The molecular formula is C18H25NO6. The van der Waals surface area contributed by atoms with Crippen LogP contribution in [-0.2, 0) is 25.7 Å². The molecule has 25 heavy (non-hydrogen) atoms. The summed E-state index contributed by atoms with van der Waals surface area (Å²) < 4.78 is 10.3. The highest BCUT2D eigenvalue weighted by Crippen LogP contribution is 2.14. The summed E-state index contributed by atoms with van der Waals surface area (Å²) in [5.41, 5.74) is 0.462. The largest absolute Gasteiger partial charge is 0.463 e. The second-order valence-corrected chi connectivity index (χ2v) is 5.88. The third-order valence-electron chi connectivity index (χ3n) is 3.60. The maximum absolute atomic E-state index is 11.7. The number of non-ortho nitro benzene ring substituents is 1. The molecule has 1 aromatic carbocycles. The summed E-state index contributed by atoms with van der Waals surface area (Å²) in [7, 11) is 0. The highest BCUT2D eigenvalue weighted by Gasteiger charge is 2.13. The number of ether oxygens (including phenoxy) is 2. The van der Waals surface area contributed by atoms with Crippen LogP contribution in [0.25, 0.3) is 0 Å². The second-order valence-electron chi connectivity index (χ2n) is 5.88. The van der Waals surface area contributed by atoms with Crippen molar-refractivity contribution in [2.45, 2.75) is 65.1 Å². The molecule has 0 bridgehead atoms. The number of hydrogen-bond donors (Lipinski definition) is 0. The molecule has 1 atom stereocenters. The molecule has 0 fully saturated rings. The lowest BCUT2D eigenvalue weighted by atomic mass is 10.1. The normalized spacial score (nSPS) is 11.6. The molecule has 0 saturated heterocycles. The Kier molecular flexibility index (Phi) is 9.21. The van der Waals surface area contributed by atoms with Gasteiger partial charge in [0.15, 0.2) is 0 Å². The molecule has 0 aliphatic heterocycles. The molecule has 0 radical (unpaired) electrons. The number of unbranched alkanes of at least 4 members (excludes halogenated alkanes) is 2. The van der Waals surface area contributed by atoms with Crippen LogP contribution in [0.3, 0.4) is 0 Å². The van der Waals surface area contributed by atoms with E-state index in [0.717, 1.165) is 25.7 Å². The Balaban J connectivity index is 2.27. The van der Waals surface area contributed by atoms with E-state index in [-0.39, 0.29) is 31.2 Å². The van der Waals surface area contributed by atoms with Gasteiger partial charge in [0.25, 0.3) is 5.69 Å². The first-order valence-electron chi connectivity index (χ1n) is 8.50. The number of nitro benzene ring substituents is 1. The standard InChI is InChI=1S/C18H25NO6/c1-3-4-5-7-14(2)25-18(21)11-10-17(20)24-13-15-8-6-9-16(12-15)19(22)23/h6,8-9,12,14H,3-5,7,10-11,13H2,1-2H3. The third kappa shape index (κ3) is 8.83. The first-order chi connectivity index (χ1) is 11.9. The summed E-state index contributed by atoms with van der Waals surface area (Å²) in [5.74, 6) is -0.960. The highest BCUT2D eigenvalue weighted by molar-refractivity contribution is 5.77. The maximum Gasteiger partial charge on any atom is 0.306 e. The molecule has 0 N–H and O–H groups in total. The van der Waals surface area contributed by atoms with Crippen molar-refractivity contribution >= 4 is 17.6 Å².